The Balaban J connectivity index is 2.12. The van der Waals surface area contributed by atoms with Crippen molar-refractivity contribution in [1.29, 1.82) is 0 Å². The van der Waals surface area contributed by atoms with Gasteiger partial charge in [-0.05, 0) is 24.3 Å². The zero-order chi connectivity index (χ0) is 13.9. The summed E-state index contributed by atoms with van der Waals surface area (Å²) in [7, 11) is 0. The summed E-state index contributed by atoms with van der Waals surface area (Å²) < 4.78 is 5.34. The predicted octanol–water partition coefficient (Wildman–Crippen LogP) is 3.48. The first-order chi connectivity index (χ1) is 9.02. The summed E-state index contributed by atoms with van der Waals surface area (Å²) in [6.07, 6.45) is 1.89. The van der Waals surface area contributed by atoms with E-state index in [1.807, 2.05) is 0 Å². The predicted molar refractivity (Wildman–Crippen MR) is 74.8 cm³/mol. The molecule has 5 nitrogen and oxygen atoms in total. The minimum Gasteiger partial charge on any atom is -0.381 e. The van der Waals surface area contributed by atoms with Crippen molar-refractivity contribution in [2.45, 2.75) is 19.8 Å². The first-order valence-corrected chi connectivity index (χ1v) is 6.64. The monoisotopic (exact) mass is 284 g/mol. The van der Waals surface area contributed by atoms with Crippen LogP contribution in [0.2, 0.25) is 5.02 Å². The van der Waals surface area contributed by atoms with Crippen LogP contribution in [0.4, 0.5) is 11.4 Å². The number of nitrogens with one attached hydrogen (secondary N) is 1. The lowest BCUT2D eigenvalue weighted by Gasteiger charge is -2.33. The molecule has 6 heteroatoms. The van der Waals surface area contributed by atoms with Gasteiger partial charge in [-0.3, -0.25) is 10.1 Å². The lowest BCUT2D eigenvalue weighted by Crippen LogP contribution is -2.33. The maximum absolute atomic E-state index is 11.0. The van der Waals surface area contributed by atoms with Gasteiger partial charge in [0.15, 0.2) is 0 Å². The molecule has 1 heterocycles. The van der Waals surface area contributed by atoms with Crippen LogP contribution >= 0.6 is 11.6 Å². The second-order valence-corrected chi connectivity index (χ2v) is 5.57. The maximum Gasteiger partial charge on any atom is 0.293 e. The van der Waals surface area contributed by atoms with E-state index in [2.05, 4.69) is 12.2 Å². The van der Waals surface area contributed by atoms with Crippen LogP contribution in [-0.2, 0) is 4.74 Å². The van der Waals surface area contributed by atoms with E-state index in [-0.39, 0.29) is 11.1 Å². The van der Waals surface area contributed by atoms with Crippen molar-refractivity contribution in [2.75, 3.05) is 25.1 Å². The van der Waals surface area contributed by atoms with E-state index in [4.69, 9.17) is 16.3 Å². The van der Waals surface area contributed by atoms with Crippen molar-refractivity contribution in [3.05, 3.63) is 33.3 Å². The van der Waals surface area contributed by atoms with Gasteiger partial charge >= 0.3 is 0 Å². The Kier molecular flexibility index (Phi) is 4.27. The molecule has 1 aromatic rings. The molecular weight excluding hydrogens is 268 g/mol. The third-order valence-corrected chi connectivity index (χ3v) is 3.90. The zero-order valence-electron chi connectivity index (χ0n) is 10.8. The summed E-state index contributed by atoms with van der Waals surface area (Å²) in [5, 5.41) is 14.5. The summed E-state index contributed by atoms with van der Waals surface area (Å²) in [5.41, 5.74) is 0.510. The van der Waals surface area contributed by atoms with Gasteiger partial charge in [0.1, 0.15) is 5.69 Å². The van der Waals surface area contributed by atoms with Crippen molar-refractivity contribution in [2.24, 2.45) is 5.41 Å². The highest BCUT2D eigenvalue weighted by atomic mass is 35.5. The molecule has 0 amide bonds. The van der Waals surface area contributed by atoms with E-state index < -0.39 is 4.92 Å². The SMILES string of the molecule is CC1(CNc2c(Cl)cccc2[N+](=O)[O-])CCOCC1. The lowest BCUT2D eigenvalue weighted by atomic mass is 9.82. The molecule has 0 spiro atoms. The van der Waals surface area contributed by atoms with Gasteiger partial charge in [-0.1, -0.05) is 24.6 Å². The van der Waals surface area contributed by atoms with E-state index in [1.54, 1.807) is 12.1 Å². The van der Waals surface area contributed by atoms with Crippen LogP contribution in [0.1, 0.15) is 19.8 Å². The molecule has 0 aliphatic carbocycles. The first kappa shape index (κ1) is 14.1. The summed E-state index contributed by atoms with van der Waals surface area (Å²) in [4.78, 5) is 10.6. The van der Waals surface area contributed by atoms with E-state index in [1.165, 1.54) is 6.07 Å². The fraction of sp³-hybridized carbons (Fsp3) is 0.538. The van der Waals surface area contributed by atoms with Gasteiger partial charge in [0, 0.05) is 25.8 Å². The van der Waals surface area contributed by atoms with Gasteiger partial charge in [-0.15, -0.1) is 0 Å². The maximum atomic E-state index is 11.0. The molecule has 0 radical (unpaired) electrons. The minimum absolute atomic E-state index is 0.0168. The molecule has 1 fully saturated rings. The molecule has 1 N–H and O–H groups in total. The van der Waals surface area contributed by atoms with Crippen LogP contribution in [0.15, 0.2) is 18.2 Å². The molecular formula is C13H17ClN2O3. The summed E-state index contributed by atoms with van der Waals surface area (Å²) in [6, 6.07) is 4.70. The molecule has 1 saturated heterocycles. The van der Waals surface area contributed by atoms with Gasteiger partial charge in [0.2, 0.25) is 0 Å². The topological polar surface area (TPSA) is 64.4 Å². The first-order valence-electron chi connectivity index (χ1n) is 6.26. The fourth-order valence-corrected chi connectivity index (χ4v) is 2.42. The van der Waals surface area contributed by atoms with E-state index in [9.17, 15) is 10.1 Å². The van der Waals surface area contributed by atoms with Gasteiger partial charge in [-0.25, -0.2) is 0 Å². The molecule has 0 bridgehead atoms. The van der Waals surface area contributed by atoms with Crippen molar-refractivity contribution in [3.63, 3.8) is 0 Å². The highest BCUT2D eigenvalue weighted by Crippen LogP contribution is 2.35. The standard InChI is InChI=1S/C13H17ClN2O3/c1-13(5-7-19-8-6-13)9-15-12-10(14)3-2-4-11(12)16(17)18/h2-4,15H,5-9H2,1H3. The average molecular weight is 285 g/mol. The van der Waals surface area contributed by atoms with Gasteiger partial charge in [-0.2, -0.15) is 0 Å². The number of rotatable bonds is 4. The number of hydrogen-bond acceptors (Lipinski definition) is 4. The Hall–Kier alpha value is -1.33. The Labute approximate surface area is 117 Å². The van der Waals surface area contributed by atoms with Crippen LogP contribution in [0.3, 0.4) is 0 Å². The molecule has 0 unspecified atom stereocenters. The third kappa shape index (κ3) is 3.36. The molecule has 104 valence electrons. The zero-order valence-corrected chi connectivity index (χ0v) is 11.6. The highest BCUT2D eigenvalue weighted by Gasteiger charge is 2.28. The minimum atomic E-state index is -0.416. The average Bonchev–Trinajstić information content (AvgIpc) is 2.38. The number of nitro groups is 1. The number of nitro benzene ring substituents is 1. The van der Waals surface area contributed by atoms with Crippen molar-refractivity contribution >= 4 is 23.0 Å². The lowest BCUT2D eigenvalue weighted by molar-refractivity contribution is -0.384. The van der Waals surface area contributed by atoms with Crippen LogP contribution in [0.5, 0.6) is 0 Å². The normalized spacial score (nSPS) is 18.0. The number of halogens is 1. The second kappa shape index (κ2) is 5.75. The molecule has 19 heavy (non-hydrogen) atoms. The summed E-state index contributed by atoms with van der Waals surface area (Å²) >= 11 is 6.04. The molecule has 1 aliphatic heterocycles. The quantitative estimate of drug-likeness (QED) is 0.679. The Morgan fingerprint density at radius 2 is 2.16 bits per heavy atom. The molecule has 0 atom stereocenters. The Morgan fingerprint density at radius 3 is 2.79 bits per heavy atom. The van der Waals surface area contributed by atoms with Crippen molar-refractivity contribution < 1.29 is 9.66 Å². The van der Waals surface area contributed by atoms with Crippen LogP contribution in [0.25, 0.3) is 0 Å². The van der Waals surface area contributed by atoms with Crippen LogP contribution < -0.4 is 5.32 Å². The number of anilines is 1. The Morgan fingerprint density at radius 1 is 1.47 bits per heavy atom. The summed E-state index contributed by atoms with van der Waals surface area (Å²) in [5.74, 6) is 0. The van der Waals surface area contributed by atoms with E-state index in [0.29, 0.717) is 17.3 Å². The number of para-hydroxylation sites is 1. The molecule has 0 aromatic heterocycles. The number of ether oxygens (including phenoxy) is 1. The number of hydrogen-bond donors (Lipinski definition) is 1. The molecule has 1 aromatic carbocycles. The molecule has 2 rings (SSSR count). The van der Waals surface area contributed by atoms with E-state index in [0.717, 1.165) is 26.1 Å². The Bertz CT molecular complexity index is 473. The van der Waals surface area contributed by atoms with Crippen LogP contribution in [0, 0.1) is 15.5 Å². The van der Waals surface area contributed by atoms with Gasteiger partial charge < -0.3 is 10.1 Å². The molecule has 0 saturated carbocycles. The van der Waals surface area contributed by atoms with Gasteiger partial charge in [0.25, 0.3) is 5.69 Å². The van der Waals surface area contributed by atoms with Crippen molar-refractivity contribution in [1.82, 2.24) is 0 Å². The fourth-order valence-electron chi connectivity index (χ4n) is 2.18. The van der Waals surface area contributed by atoms with E-state index >= 15 is 0 Å². The summed E-state index contributed by atoms with van der Waals surface area (Å²) in [6.45, 7) is 4.29. The van der Waals surface area contributed by atoms with Crippen LogP contribution in [-0.4, -0.2) is 24.7 Å². The smallest absolute Gasteiger partial charge is 0.293 e. The number of nitrogens with zero attached hydrogens (tertiary/aromatic N) is 1. The third-order valence-electron chi connectivity index (χ3n) is 3.58. The van der Waals surface area contributed by atoms with Crippen molar-refractivity contribution in [3.8, 4) is 0 Å². The largest absolute Gasteiger partial charge is 0.381 e. The van der Waals surface area contributed by atoms with Gasteiger partial charge in [0.05, 0.1) is 9.95 Å². The number of benzene rings is 1. The second-order valence-electron chi connectivity index (χ2n) is 5.17. The highest BCUT2D eigenvalue weighted by molar-refractivity contribution is 6.33. The molecule has 1 aliphatic rings.